The predicted octanol–water partition coefficient (Wildman–Crippen LogP) is 4.57. The zero-order valence-corrected chi connectivity index (χ0v) is 17.2. The summed E-state index contributed by atoms with van der Waals surface area (Å²) in [6.45, 7) is 5.94. The monoisotopic (exact) mass is 407 g/mol. The highest BCUT2D eigenvalue weighted by atomic mass is 32.1. The third-order valence-corrected chi connectivity index (χ3v) is 6.21. The normalized spacial score (nSPS) is 16.8. The molecule has 148 valence electrons. The average molecular weight is 407 g/mol. The number of aromatic nitrogens is 1. The van der Waals surface area contributed by atoms with Crippen molar-refractivity contribution in [3.63, 3.8) is 0 Å². The molecule has 1 saturated heterocycles. The smallest absolute Gasteiger partial charge is 0.255 e. The Labute approximate surface area is 172 Å². The summed E-state index contributed by atoms with van der Waals surface area (Å²) in [5.74, 6) is -0.749. The molecular formula is C22H21N3O3S. The van der Waals surface area contributed by atoms with Gasteiger partial charge in [-0.3, -0.25) is 19.3 Å². The van der Waals surface area contributed by atoms with Crippen LogP contribution < -0.4 is 10.2 Å². The van der Waals surface area contributed by atoms with Crippen LogP contribution in [0.2, 0.25) is 0 Å². The molecule has 1 fully saturated rings. The largest absolute Gasteiger partial charge is 0.322 e. The number of nitrogens with zero attached hydrogens (tertiary/aromatic N) is 2. The molecule has 1 atom stereocenters. The summed E-state index contributed by atoms with van der Waals surface area (Å²) in [5, 5.41) is 3.95. The molecule has 0 aliphatic carbocycles. The van der Waals surface area contributed by atoms with Crippen LogP contribution in [0.1, 0.15) is 48.5 Å². The van der Waals surface area contributed by atoms with Gasteiger partial charge in [0.15, 0.2) is 0 Å². The van der Waals surface area contributed by atoms with Crippen LogP contribution in [-0.4, -0.2) is 22.7 Å². The summed E-state index contributed by atoms with van der Waals surface area (Å²) in [4.78, 5) is 42.9. The van der Waals surface area contributed by atoms with Gasteiger partial charge in [-0.05, 0) is 36.4 Å². The second-order valence-electron chi connectivity index (χ2n) is 7.57. The molecular weight excluding hydrogens is 386 g/mol. The summed E-state index contributed by atoms with van der Waals surface area (Å²) in [6, 6.07) is 12.2. The van der Waals surface area contributed by atoms with Crippen LogP contribution in [0.25, 0.3) is 10.2 Å². The van der Waals surface area contributed by atoms with E-state index in [-0.39, 0.29) is 30.1 Å². The van der Waals surface area contributed by atoms with Crippen molar-refractivity contribution < 1.29 is 14.4 Å². The maximum atomic E-state index is 12.7. The van der Waals surface area contributed by atoms with Gasteiger partial charge in [-0.25, -0.2) is 4.98 Å². The number of imide groups is 1. The Bertz CT molecular complexity index is 1140. The molecule has 0 saturated carbocycles. The van der Waals surface area contributed by atoms with Gasteiger partial charge in [-0.1, -0.05) is 26.8 Å². The fraction of sp³-hybridized carbons (Fsp3) is 0.273. The van der Waals surface area contributed by atoms with Crippen molar-refractivity contribution in [1.82, 2.24) is 4.98 Å². The van der Waals surface area contributed by atoms with Crippen LogP contribution in [0.5, 0.6) is 0 Å². The van der Waals surface area contributed by atoms with Gasteiger partial charge in [-0.2, -0.15) is 0 Å². The number of nitrogens with one attached hydrogen (secondary N) is 1. The maximum Gasteiger partial charge on any atom is 0.255 e. The number of hydrogen-bond donors (Lipinski definition) is 1. The Morgan fingerprint density at radius 3 is 2.69 bits per heavy atom. The van der Waals surface area contributed by atoms with E-state index in [1.54, 1.807) is 42.5 Å². The SMILES string of the molecule is CC1CC(=O)N(c2cccc(C(=O)Nc3ccc4nc(C(C)C)sc4c3)c2)C1=O. The van der Waals surface area contributed by atoms with Crippen molar-refractivity contribution in [1.29, 1.82) is 0 Å². The molecule has 1 aliphatic heterocycles. The molecule has 6 nitrogen and oxygen atoms in total. The summed E-state index contributed by atoms with van der Waals surface area (Å²) in [7, 11) is 0. The lowest BCUT2D eigenvalue weighted by Gasteiger charge is -2.15. The number of fused-ring (bicyclic) bond motifs is 1. The lowest BCUT2D eigenvalue weighted by molar-refractivity contribution is -0.122. The average Bonchev–Trinajstić information content (AvgIpc) is 3.22. The molecule has 3 amide bonds. The number of benzene rings is 2. The van der Waals surface area contributed by atoms with E-state index in [0.29, 0.717) is 22.9 Å². The van der Waals surface area contributed by atoms with Gasteiger partial charge in [0.25, 0.3) is 5.91 Å². The lowest BCUT2D eigenvalue weighted by Crippen LogP contribution is -2.30. The van der Waals surface area contributed by atoms with Crippen LogP contribution in [0, 0.1) is 5.92 Å². The number of rotatable bonds is 4. The van der Waals surface area contributed by atoms with Crippen LogP contribution in [0.4, 0.5) is 11.4 Å². The molecule has 0 radical (unpaired) electrons. The lowest BCUT2D eigenvalue weighted by atomic mass is 10.1. The Kier molecular flexibility index (Phi) is 4.92. The van der Waals surface area contributed by atoms with Crippen molar-refractivity contribution in [2.75, 3.05) is 10.2 Å². The minimum absolute atomic E-state index is 0.197. The molecule has 0 spiro atoms. The number of carbonyl (C=O) groups excluding carboxylic acids is 3. The first-order valence-corrected chi connectivity index (χ1v) is 10.3. The molecule has 1 N–H and O–H groups in total. The zero-order valence-electron chi connectivity index (χ0n) is 16.4. The molecule has 1 aromatic heterocycles. The highest BCUT2D eigenvalue weighted by Crippen LogP contribution is 2.30. The number of amides is 3. The van der Waals surface area contributed by atoms with Gasteiger partial charge in [0.1, 0.15) is 0 Å². The highest BCUT2D eigenvalue weighted by Gasteiger charge is 2.36. The van der Waals surface area contributed by atoms with Crippen LogP contribution in [0.15, 0.2) is 42.5 Å². The Hall–Kier alpha value is -3.06. The van der Waals surface area contributed by atoms with E-state index in [1.807, 2.05) is 18.2 Å². The molecule has 0 bridgehead atoms. The quantitative estimate of drug-likeness (QED) is 0.643. The minimum Gasteiger partial charge on any atom is -0.322 e. The van der Waals surface area contributed by atoms with E-state index in [4.69, 9.17) is 0 Å². The van der Waals surface area contributed by atoms with Crippen molar-refractivity contribution in [2.45, 2.75) is 33.1 Å². The second-order valence-corrected chi connectivity index (χ2v) is 8.63. The first-order valence-electron chi connectivity index (χ1n) is 9.52. The van der Waals surface area contributed by atoms with E-state index >= 15 is 0 Å². The molecule has 7 heteroatoms. The topological polar surface area (TPSA) is 79.4 Å². The van der Waals surface area contributed by atoms with Crippen molar-refractivity contribution in [3.8, 4) is 0 Å². The van der Waals surface area contributed by atoms with Gasteiger partial charge in [0.05, 0.1) is 20.9 Å². The second kappa shape index (κ2) is 7.40. The van der Waals surface area contributed by atoms with Gasteiger partial charge >= 0.3 is 0 Å². The number of carbonyl (C=O) groups is 3. The highest BCUT2D eigenvalue weighted by molar-refractivity contribution is 7.18. The molecule has 1 aliphatic rings. The van der Waals surface area contributed by atoms with E-state index in [9.17, 15) is 14.4 Å². The van der Waals surface area contributed by atoms with E-state index in [1.165, 1.54) is 0 Å². The third-order valence-electron chi connectivity index (χ3n) is 4.90. The van der Waals surface area contributed by atoms with Crippen LogP contribution in [0.3, 0.4) is 0 Å². The zero-order chi connectivity index (χ0) is 20.7. The van der Waals surface area contributed by atoms with E-state index in [0.717, 1.165) is 20.1 Å². The molecule has 4 rings (SSSR count). The minimum atomic E-state index is -0.332. The fourth-order valence-electron chi connectivity index (χ4n) is 3.31. The van der Waals surface area contributed by atoms with Gasteiger partial charge in [0.2, 0.25) is 11.8 Å². The Morgan fingerprint density at radius 1 is 1.21 bits per heavy atom. The number of anilines is 2. The van der Waals surface area contributed by atoms with Crippen LogP contribution >= 0.6 is 11.3 Å². The molecule has 1 unspecified atom stereocenters. The first kappa shape index (κ1) is 19.3. The summed E-state index contributed by atoms with van der Waals surface area (Å²) in [5.41, 5.74) is 2.40. The summed E-state index contributed by atoms with van der Waals surface area (Å²) < 4.78 is 1.02. The van der Waals surface area contributed by atoms with Gasteiger partial charge < -0.3 is 5.32 Å². The third kappa shape index (κ3) is 3.65. The summed E-state index contributed by atoms with van der Waals surface area (Å²) in [6.07, 6.45) is 0.197. The van der Waals surface area contributed by atoms with E-state index in [2.05, 4.69) is 24.1 Å². The number of thiazole rings is 1. The Balaban J connectivity index is 1.57. The number of hydrogen-bond acceptors (Lipinski definition) is 5. The van der Waals surface area contributed by atoms with Crippen molar-refractivity contribution >= 4 is 50.6 Å². The molecule has 2 heterocycles. The fourth-order valence-corrected chi connectivity index (χ4v) is 4.32. The van der Waals surface area contributed by atoms with Gasteiger partial charge in [0, 0.05) is 29.5 Å². The van der Waals surface area contributed by atoms with Crippen LogP contribution in [-0.2, 0) is 9.59 Å². The molecule has 29 heavy (non-hydrogen) atoms. The van der Waals surface area contributed by atoms with Crippen molar-refractivity contribution in [2.24, 2.45) is 5.92 Å². The standard InChI is InChI=1S/C22H21N3O3S/c1-12(2)21-24-17-8-7-15(11-18(17)29-21)23-20(27)14-5-4-6-16(10-14)25-19(26)9-13(3)22(25)28/h4-8,10-13H,9H2,1-3H3,(H,23,27). The molecule has 2 aromatic carbocycles. The molecule has 3 aromatic rings. The maximum absolute atomic E-state index is 12.7. The van der Waals surface area contributed by atoms with Gasteiger partial charge in [-0.15, -0.1) is 11.3 Å². The first-order chi connectivity index (χ1) is 13.8. The predicted molar refractivity (Wildman–Crippen MR) is 114 cm³/mol. The van der Waals surface area contributed by atoms with E-state index < -0.39 is 0 Å². The Morgan fingerprint density at radius 2 is 2.00 bits per heavy atom. The van der Waals surface area contributed by atoms with Crippen molar-refractivity contribution in [3.05, 3.63) is 53.0 Å². The summed E-state index contributed by atoms with van der Waals surface area (Å²) >= 11 is 1.62.